The predicted octanol–water partition coefficient (Wildman–Crippen LogP) is 2.58. The predicted molar refractivity (Wildman–Crippen MR) is 99.2 cm³/mol. The van der Waals surface area contributed by atoms with Crippen LogP contribution in [0.25, 0.3) is 33.7 Å². The molecule has 2 N–H and O–H groups in total. The van der Waals surface area contributed by atoms with Crippen LogP contribution >= 0.6 is 0 Å². The average Bonchev–Trinajstić information content (AvgIpc) is 3.26. The van der Waals surface area contributed by atoms with Crippen LogP contribution in [-0.2, 0) is 18.4 Å². The molecular weight excluding hydrogens is 328 g/mol. The molecule has 3 aromatic heterocycles. The minimum Gasteiger partial charge on any atom is -0.355 e. The highest BCUT2D eigenvalue weighted by Gasteiger charge is 2.13. The molecule has 0 aliphatic rings. The van der Waals surface area contributed by atoms with Gasteiger partial charge in [-0.25, -0.2) is 9.97 Å². The lowest BCUT2D eigenvalue weighted by molar-refractivity contribution is -0.109. The molecule has 130 valence electrons. The molecule has 0 radical (unpaired) electrons. The third-order valence-corrected chi connectivity index (χ3v) is 4.40. The van der Waals surface area contributed by atoms with E-state index in [0.717, 1.165) is 39.2 Å². The van der Waals surface area contributed by atoms with Gasteiger partial charge in [-0.2, -0.15) is 5.10 Å². The summed E-state index contributed by atoms with van der Waals surface area (Å²) in [7, 11) is 1.87. The maximum Gasteiger partial charge on any atom is 0.207 e. The number of nitrogens with zero attached hydrogens (tertiary/aromatic N) is 4. The summed E-state index contributed by atoms with van der Waals surface area (Å²) in [5.41, 5.74) is 6.81. The molecule has 4 rings (SSSR count). The first-order valence-electron chi connectivity index (χ1n) is 8.26. The van der Waals surface area contributed by atoms with Gasteiger partial charge in [0.2, 0.25) is 6.41 Å². The number of imidazole rings is 1. The van der Waals surface area contributed by atoms with Gasteiger partial charge in [-0.05, 0) is 29.7 Å². The molecule has 0 saturated carbocycles. The second-order valence-corrected chi connectivity index (χ2v) is 6.19. The van der Waals surface area contributed by atoms with Gasteiger partial charge in [0.05, 0.1) is 17.3 Å². The quantitative estimate of drug-likeness (QED) is 0.544. The molecular formula is C19H18N6O. The van der Waals surface area contributed by atoms with Crippen LogP contribution in [0.5, 0.6) is 0 Å². The number of hydrogen-bond donors (Lipinski definition) is 2. The summed E-state index contributed by atoms with van der Waals surface area (Å²) in [4.78, 5) is 22.9. The molecule has 7 heteroatoms. The molecule has 7 nitrogen and oxygen atoms in total. The Balaban J connectivity index is 1.78. The maximum atomic E-state index is 10.5. The number of amides is 1. The Morgan fingerprint density at radius 3 is 2.88 bits per heavy atom. The monoisotopic (exact) mass is 346 g/mol. The van der Waals surface area contributed by atoms with Gasteiger partial charge in [-0.3, -0.25) is 9.48 Å². The number of fused-ring (bicyclic) bond motifs is 1. The Morgan fingerprint density at radius 2 is 2.15 bits per heavy atom. The Bertz CT molecular complexity index is 1090. The third kappa shape index (κ3) is 2.83. The van der Waals surface area contributed by atoms with E-state index in [4.69, 9.17) is 0 Å². The molecule has 26 heavy (non-hydrogen) atoms. The summed E-state index contributed by atoms with van der Waals surface area (Å²) >= 11 is 0. The summed E-state index contributed by atoms with van der Waals surface area (Å²) in [5.74, 6) is 0.747. The van der Waals surface area contributed by atoms with E-state index in [2.05, 4.69) is 31.4 Å². The van der Waals surface area contributed by atoms with Gasteiger partial charge in [0, 0.05) is 31.5 Å². The lowest BCUT2D eigenvalue weighted by Gasteiger charge is -2.09. The number of aromatic amines is 1. The van der Waals surface area contributed by atoms with Crippen molar-refractivity contribution >= 4 is 17.6 Å². The van der Waals surface area contributed by atoms with Crippen molar-refractivity contribution in [3.8, 4) is 22.5 Å². The fourth-order valence-corrected chi connectivity index (χ4v) is 3.05. The van der Waals surface area contributed by atoms with Crippen LogP contribution in [0.4, 0.5) is 0 Å². The van der Waals surface area contributed by atoms with Gasteiger partial charge >= 0.3 is 0 Å². The van der Waals surface area contributed by atoms with E-state index in [9.17, 15) is 4.79 Å². The zero-order valence-electron chi connectivity index (χ0n) is 14.5. The number of rotatable bonds is 5. The number of aromatic nitrogens is 5. The lowest BCUT2D eigenvalue weighted by Crippen LogP contribution is -2.10. The van der Waals surface area contributed by atoms with Crippen molar-refractivity contribution in [2.24, 2.45) is 7.05 Å². The van der Waals surface area contributed by atoms with Gasteiger partial charge in [0.15, 0.2) is 5.65 Å². The molecule has 0 bridgehead atoms. The van der Waals surface area contributed by atoms with E-state index in [1.165, 1.54) is 0 Å². The van der Waals surface area contributed by atoms with Gasteiger partial charge in [-0.1, -0.05) is 18.2 Å². The first-order valence-corrected chi connectivity index (χ1v) is 8.26. The molecule has 1 aromatic carbocycles. The van der Waals surface area contributed by atoms with E-state index in [1.807, 2.05) is 38.4 Å². The molecule has 3 heterocycles. The van der Waals surface area contributed by atoms with Gasteiger partial charge in [-0.15, -0.1) is 0 Å². The summed E-state index contributed by atoms with van der Waals surface area (Å²) in [5, 5.41) is 6.90. The molecule has 0 aliphatic heterocycles. The number of carbonyl (C=O) groups is 1. The smallest absolute Gasteiger partial charge is 0.207 e. The Labute approximate surface area is 150 Å². The number of benzene rings is 1. The standard InChI is InChI=1S/C19H18N6O/c1-12-7-13(3-4-14(12)8-20-11-26)16-5-6-21-19-17(16)23-18(24-19)15-9-22-25(2)10-15/h3-7,9-11H,8H2,1-2H3,(H,20,26)(H,21,23,24). The molecule has 1 amide bonds. The van der Waals surface area contributed by atoms with Crippen molar-refractivity contribution < 1.29 is 4.79 Å². The van der Waals surface area contributed by atoms with Crippen molar-refractivity contribution in [1.29, 1.82) is 0 Å². The van der Waals surface area contributed by atoms with Crippen molar-refractivity contribution in [2.75, 3.05) is 0 Å². The summed E-state index contributed by atoms with van der Waals surface area (Å²) < 4.78 is 1.74. The highest BCUT2D eigenvalue weighted by Crippen LogP contribution is 2.29. The van der Waals surface area contributed by atoms with Crippen LogP contribution in [0.1, 0.15) is 11.1 Å². The normalized spacial score (nSPS) is 11.0. The van der Waals surface area contributed by atoms with Crippen LogP contribution in [0.3, 0.4) is 0 Å². The lowest BCUT2D eigenvalue weighted by atomic mass is 10.00. The summed E-state index contributed by atoms with van der Waals surface area (Å²) in [6.07, 6.45) is 6.17. The molecule has 4 aromatic rings. The maximum absolute atomic E-state index is 10.5. The first kappa shape index (κ1) is 16.0. The molecule has 0 fully saturated rings. The molecule has 0 unspecified atom stereocenters. The largest absolute Gasteiger partial charge is 0.355 e. The second-order valence-electron chi connectivity index (χ2n) is 6.19. The second kappa shape index (κ2) is 6.44. The average molecular weight is 346 g/mol. The van der Waals surface area contributed by atoms with Crippen LogP contribution in [-0.4, -0.2) is 31.1 Å². The van der Waals surface area contributed by atoms with E-state index in [1.54, 1.807) is 17.1 Å². The number of carbonyl (C=O) groups excluding carboxylic acids is 1. The van der Waals surface area contributed by atoms with E-state index in [0.29, 0.717) is 18.6 Å². The first-order chi connectivity index (χ1) is 12.7. The highest BCUT2D eigenvalue weighted by molar-refractivity contribution is 5.91. The zero-order valence-corrected chi connectivity index (χ0v) is 14.5. The van der Waals surface area contributed by atoms with E-state index < -0.39 is 0 Å². The number of pyridine rings is 1. The molecule has 0 aliphatic carbocycles. The minimum absolute atomic E-state index is 0.524. The number of H-pyrrole nitrogens is 1. The summed E-state index contributed by atoms with van der Waals surface area (Å²) in [6, 6.07) is 8.17. The zero-order chi connectivity index (χ0) is 18.1. The van der Waals surface area contributed by atoms with Gasteiger partial charge in [0.1, 0.15) is 5.82 Å². The van der Waals surface area contributed by atoms with Crippen LogP contribution in [0.15, 0.2) is 42.9 Å². The highest BCUT2D eigenvalue weighted by atomic mass is 16.1. The summed E-state index contributed by atoms with van der Waals surface area (Å²) in [6.45, 7) is 2.56. The Hall–Kier alpha value is -3.48. The van der Waals surface area contributed by atoms with Crippen molar-refractivity contribution in [1.82, 2.24) is 30.0 Å². The minimum atomic E-state index is 0.524. The number of aryl methyl sites for hydroxylation is 2. The molecule has 0 atom stereocenters. The van der Waals surface area contributed by atoms with Crippen LogP contribution in [0.2, 0.25) is 0 Å². The topological polar surface area (TPSA) is 88.5 Å². The van der Waals surface area contributed by atoms with Crippen molar-refractivity contribution in [3.63, 3.8) is 0 Å². The van der Waals surface area contributed by atoms with Crippen molar-refractivity contribution in [2.45, 2.75) is 13.5 Å². The van der Waals surface area contributed by atoms with Crippen molar-refractivity contribution in [3.05, 3.63) is 54.0 Å². The third-order valence-electron chi connectivity index (χ3n) is 4.40. The van der Waals surface area contributed by atoms with Gasteiger partial charge in [0.25, 0.3) is 0 Å². The van der Waals surface area contributed by atoms with Crippen LogP contribution in [0, 0.1) is 6.92 Å². The van der Waals surface area contributed by atoms with E-state index >= 15 is 0 Å². The number of nitrogens with one attached hydrogen (secondary N) is 2. The van der Waals surface area contributed by atoms with Gasteiger partial charge < -0.3 is 10.3 Å². The fraction of sp³-hybridized carbons (Fsp3) is 0.158. The number of hydrogen-bond acceptors (Lipinski definition) is 4. The SMILES string of the molecule is Cc1cc(-c2ccnc3nc(-c4cnn(C)c4)[nH]c23)ccc1CNC=O. The Morgan fingerprint density at radius 1 is 1.27 bits per heavy atom. The van der Waals surface area contributed by atoms with Crippen LogP contribution < -0.4 is 5.32 Å². The Kier molecular flexibility index (Phi) is 3.96. The fourth-order valence-electron chi connectivity index (χ4n) is 3.05. The molecule has 0 spiro atoms. The molecule has 0 saturated heterocycles. The van der Waals surface area contributed by atoms with E-state index in [-0.39, 0.29) is 0 Å².